The second-order valence-electron chi connectivity index (χ2n) is 5.67. The Morgan fingerprint density at radius 1 is 1.08 bits per heavy atom. The zero-order chi connectivity index (χ0) is 18.7. The van der Waals surface area contributed by atoms with Crippen molar-refractivity contribution in [2.24, 2.45) is 0 Å². The Hall–Kier alpha value is -3.35. The van der Waals surface area contributed by atoms with Crippen molar-refractivity contribution in [2.75, 3.05) is 25.6 Å². The van der Waals surface area contributed by atoms with Crippen LogP contribution in [0.2, 0.25) is 0 Å². The van der Waals surface area contributed by atoms with E-state index in [0.717, 1.165) is 0 Å². The molecule has 1 aliphatic heterocycles. The van der Waals surface area contributed by atoms with Gasteiger partial charge in [-0.25, -0.2) is 4.79 Å². The van der Waals surface area contributed by atoms with Crippen LogP contribution in [0.1, 0.15) is 20.7 Å². The number of fused-ring (bicyclic) bond motifs is 1. The van der Waals surface area contributed by atoms with Gasteiger partial charge in [-0.2, -0.15) is 0 Å². The molecule has 1 heterocycles. The van der Waals surface area contributed by atoms with Crippen molar-refractivity contribution >= 4 is 23.5 Å². The third-order valence-corrected chi connectivity index (χ3v) is 4.11. The van der Waals surface area contributed by atoms with Gasteiger partial charge < -0.3 is 19.7 Å². The van der Waals surface area contributed by atoms with Crippen LogP contribution in [0.3, 0.4) is 0 Å². The number of para-hydroxylation sites is 2. The molecule has 0 aromatic heterocycles. The number of esters is 1. The second-order valence-corrected chi connectivity index (χ2v) is 5.67. The minimum Gasteiger partial charge on any atom is -0.477 e. The highest BCUT2D eigenvalue weighted by Crippen LogP contribution is 2.34. The Labute approximate surface area is 150 Å². The maximum Gasteiger partial charge on any atom is 0.337 e. The summed E-state index contributed by atoms with van der Waals surface area (Å²) in [7, 11) is 2.81. The Balaban J connectivity index is 1.92. The zero-order valence-corrected chi connectivity index (χ0v) is 14.4. The lowest BCUT2D eigenvalue weighted by Crippen LogP contribution is -2.50. The maximum atomic E-state index is 13.0. The number of benzene rings is 2. The van der Waals surface area contributed by atoms with Crippen LogP contribution in [0.25, 0.3) is 0 Å². The van der Waals surface area contributed by atoms with Gasteiger partial charge in [-0.3, -0.25) is 9.59 Å². The number of likely N-dealkylation sites (N-methyl/N-ethyl adjacent to an activating group) is 1. The van der Waals surface area contributed by atoms with Crippen molar-refractivity contribution in [3.8, 4) is 5.75 Å². The van der Waals surface area contributed by atoms with Crippen molar-refractivity contribution in [1.82, 2.24) is 5.32 Å². The smallest absolute Gasteiger partial charge is 0.337 e. The van der Waals surface area contributed by atoms with Crippen LogP contribution in [0.5, 0.6) is 5.75 Å². The zero-order valence-electron chi connectivity index (χ0n) is 14.4. The van der Waals surface area contributed by atoms with Gasteiger partial charge in [-0.1, -0.05) is 12.1 Å². The van der Waals surface area contributed by atoms with E-state index in [9.17, 15) is 14.4 Å². The van der Waals surface area contributed by atoms with Gasteiger partial charge in [0.05, 0.1) is 24.9 Å². The average molecular weight is 354 g/mol. The minimum absolute atomic E-state index is 0.0915. The quantitative estimate of drug-likeness (QED) is 0.847. The Morgan fingerprint density at radius 2 is 1.73 bits per heavy atom. The van der Waals surface area contributed by atoms with E-state index in [2.05, 4.69) is 10.1 Å². The van der Waals surface area contributed by atoms with Crippen molar-refractivity contribution in [2.45, 2.75) is 6.10 Å². The summed E-state index contributed by atoms with van der Waals surface area (Å²) in [5.74, 6) is -0.600. The van der Waals surface area contributed by atoms with Crippen LogP contribution in [0.4, 0.5) is 5.69 Å². The molecule has 0 saturated carbocycles. The van der Waals surface area contributed by atoms with Gasteiger partial charge in [0.15, 0.2) is 6.10 Å². The molecule has 134 valence electrons. The molecule has 26 heavy (non-hydrogen) atoms. The first-order valence-corrected chi connectivity index (χ1v) is 8.02. The monoisotopic (exact) mass is 354 g/mol. The number of ether oxygens (including phenoxy) is 2. The lowest BCUT2D eigenvalue weighted by atomic mass is 10.1. The fourth-order valence-corrected chi connectivity index (χ4v) is 2.75. The summed E-state index contributed by atoms with van der Waals surface area (Å²) in [6.45, 7) is 0.0915. The average Bonchev–Trinajstić information content (AvgIpc) is 2.71. The number of hydrogen-bond acceptors (Lipinski definition) is 5. The summed E-state index contributed by atoms with van der Waals surface area (Å²) < 4.78 is 10.4. The van der Waals surface area contributed by atoms with E-state index in [1.807, 2.05) is 0 Å². The summed E-state index contributed by atoms with van der Waals surface area (Å²) >= 11 is 0. The van der Waals surface area contributed by atoms with E-state index < -0.39 is 12.1 Å². The molecule has 7 nitrogen and oxygen atoms in total. The summed E-state index contributed by atoms with van der Waals surface area (Å²) in [5.41, 5.74) is 1.34. The molecule has 1 aliphatic rings. The molecule has 2 aromatic carbocycles. The molecule has 7 heteroatoms. The number of hydrogen-bond donors (Lipinski definition) is 1. The van der Waals surface area contributed by atoms with Crippen LogP contribution in [-0.4, -0.2) is 44.6 Å². The fourth-order valence-electron chi connectivity index (χ4n) is 2.75. The topological polar surface area (TPSA) is 84.9 Å². The molecule has 0 fully saturated rings. The number of nitrogens with one attached hydrogen (secondary N) is 1. The molecule has 1 N–H and O–H groups in total. The van der Waals surface area contributed by atoms with Crippen LogP contribution in [0.15, 0.2) is 48.5 Å². The number of carbonyl (C=O) groups is 3. The molecule has 2 amide bonds. The van der Waals surface area contributed by atoms with Gasteiger partial charge in [0, 0.05) is 12.6 Å². The molecule has 0 bridgehead atoms. The van der Waals surface area contributed by atoms with E-state index in [1.54, 1.807) is 36.4 Å². The summed E-state index contributed by atoms with van der Waals surface area (Å²) in [6.07, 6.45) is -0.798. The molecule has 0 aliphatic carbocycles. The third-order valence-electron chi connectivity index (χ3n) is 4.11. The van der Waals surface area contributed by atoms with Crippen LogP contribution >= 0.6 is 0 Å². The third kappa shape index (κ3) is 3.23. The van der Waals surface area contributed by atoms with Crippen molar-refractivity contribution in [3.05, 3.63) is 59.7 Å². The number of rotatable bonds is 3. The molecule has 0 radical (unpaired) electrons. The van der Waals surface area contributed by atoms with Crippen molar-refractivity contribution in [3.63, 3.8) is 0 Å². The fraction of sp³-hybridized carbons (Fsp3) is 0.211. The van der Waals surface area contributed by atoms with Gasteiger partial charge in [-0.15, -0.1) is 0 Å². The van der Waals surface area contributed by atoms with Gasteiger partial charge in [0.2, 0.25) is 0 Å². The first-order chi connectivity index (χ1) is 12.5. The van der Waals surface area contributed by atoms with Gasteiger partial charge >= 0.3 is 5.97 Å². The summed E-state index contributed by atoms with van der Waals surface area (Å²) in [5, 5.41) is 2.54. The van der Waals surface area contributed by atoms with Crippen molar-refractivity contribution in [1.29, 1.82) is 0 Å². The standard InChI is InChI=1S/C19H18N2O5/c1-20-17(22)16-11-21(14-5-3-4-6-15(14)26-16)18(23)12-7-9-13(10-8-12)19(24)25-2/h3-10,16H,11H2,1-2H3,(H,20,22). The minimum atomic E-state index is -0.798. The predicted octanol–water partition coefficient (Wildman–Crippen LogP) is 1.63. The molecule has 0 spiro atoms. The van der Waals surface area contributed by atoms with Crippen molar-refractivity contribution < 1.29 is 23.9 Å². The summed E-state index contributed by atoms with van der Waals surface area (Å²) in [6, 6.07) is 13.2. The number of anilines is 1. The lowest BCUT2D eigenvalue weighted by molar-refractivity contribution is -0.127. The van der Waals surface area contributed by atoms with E-state index in [-0.39, 0.29) is 18.4 Å². The second kappa shape index (κ2) is 7.26. The normalized spacial score (nSPS) is 15.5. The number of methoxy groups -OCH3 is 1. The van der Waals surface area contributed by atoms with Crippen LogP contribution in [0, 0.1) is 0 Å². The molecule has 1 unspecified atom stereocenters. The Bertz CT molecular complexity index is 847. The van der Waals surface area contributed by atoms with Crippen LogP contribution < -0.4 is 15.0 Å². The van der Waals surface area contributed by atoms with E-state index in [0.29, 0.717) is 22.6 Å². The summed E-state index contributed by atoms with van der Waals surface area (Å²) in [4.78, 5) is 38.0. The molecular weight excluding hydrogens is 336 g/mol. The highest BCUT2D eigenvalue weighted by Gasteiger charge is 2.33. The SMILES string of the molecule is CNC(=O)C1CN(C(=O)c2ccc(C(=O)OC)cc2)c2ccccc2O1. The maximum absolute atomic E-state index is 13.0. The van der Waals surface area contributed by atoms with Gasteiger partial charge in [0.1, 0.15) is 5.75 Å². The highest BCUT2D eigenvalue weighted by molar-refractivity contribution is 6.08. The van der Waals surface area contributed by atoms with E-state index >= 15 is 0 Å². The predicted molar refractivity (Wildman–Crippen MR) is 94.4 cm³/mol. The first kappa shape index (κ1) is 17.5. The molecule has 2 aromatic rings. The highest BCUT2D eigenvalue weighted by atomic mass is 16.5. The Kier molecular flexibility index (Phi) is 4.88. The molecular formula is C19H18N2O5. The number of amides is 2. The van der Waals surface area contributed by atoms with Gasteiger partial charge in [-0.05, 0) is 36.4 Å². The number of carbonyl (C=O) groups excluding carboxylic acids is 3. The first-order valence-electron chi connectivity index (χ1n) is 8.02. The number of nitrogens with zero attached hydrogens (tertiary/aromatic N) is 1. The Morgan fingerprint density at radius 3 is 2.38 bits per heavy atom. The lowest BCUT2D eigenvalue weighted by Gasteiger charge is -2.34. The molecule has 1 atom stereocenters. The molecule has 3 rings (SSSR count). The van der Waals surface area contributed by atoms with E-state index in [1.165, 1.54) is 31.2 Å². The molecule has 0 saturated heterocycles. The van der Waals surface area contributed by atoms with E-state index in [4.69, 9.17) is 4.74 Å². The largest absolute Gasteiger partial charge is 0.477 e. The van der Waals surface area contributed by atoms with Gasteiger partial charge in [0.25, 0.3) is 11.8 Å². The van der Waals surface area contributed by atoms with Crippen LogP contribution in [-0.2, 0) is 9.53 Å².